The predicted octanol–water partition coefficient (Wildman–Crippen LogP) is 0.625. The summed E-state index contributed by atoms with van der Waals surface area (Å²) in [5.74, 6) is -1.47. The van der Waals surface area contributed by atoms with Crippen molar-refractivity contribution in [3.8, 4) is 0 Å². The highest BCUT2D eigenvalue weighted by Crippen LogP contribution is 2.12. The number of morpholine rings is 1. The largest absolute Gasteiger partial charge is 0.469 e. The molecule has 7 heteroatoms. The van der Waals surface area contributed by atoms with E-state index in [2.05, 4.69) is 9.72 Å². The van der Waals surface area contributed by atoms with Gasteiger partial charge in [-0.25, -0.2) is 4.98 Å². The number of amides is 1. The van der Waals surface area contributed by atoms with Gasteiger partial charge in [-0.1, -0.05) is 6.07 Å². The van der Waals surface area contributed by atoms with E-state index < -0.39 is 18.0 Å². The molecule has 1 saturated heterocycles. The lowest BCUT2D eigenvalue weighted by Crippen LogP contribution is -2.46. The van der Waals surface area contributed by atoms with Crippen LogP contribution in [0.5, 0.6) is 0 Å². The van der Waals surface area contributed by atoms with Crippen LogP contribution >= 0.6 is 0 Å². The van der Waals surface area contributed by atoms with Gasteiger partial charge >= 0.3 is 5.97 Å². The highest BCUT2D eigenvalue weighted by atomic mass is 19.1. The summed E-state index contributed by atoms with van der Waals surface area (Å²) in [5, 5.41) is 0. The molecule has 2 rings (SSSR count). The van der Waals surface area contributed by atoms with Crippen molar-refractivity contribution in [2.75, 3.05) is 26.8 Å². The van der Waals surface area contributed by atoms with Crippen LogP contribution in [0, 0.1) is 5.95 Å². The summed E-state index contributed by atoms with van der Waals surface area (Å²) in [5.41, 5.74) is 0.0451. The number of carbonyl (C=O) groups excluding carboxylic acids is 2. The Bertz CT molecular complexity index is 509. The van der Waals surface area contributed by atoms with Crippen LogP contribution in [-0.4, -0.2) is 54.7 Å². The van der Waals surface area contributed by atoms with Gasteiger partial charge in [0.05, 0.1) is 26.2 Å². The minimum Gasteiger partial charge on any atom is -0.469 e. The summed E-state index contributed by atoms with van der Waals surface area (Å²) < 4.78 is 23.0. The van der Waals surface area contributed by atoms with Crippen LogP contribution in [0.15, 0.2) is 18.2 Å². The lowest BCUT2D eigenvalue weighted by molar-refractivity contribution is -0.145. The molecule has 20 heavy (non-hydrogen) atoms. The van der Waals surface area contributed by atoms with Crippen molar-refractivity contribution in [1.82, 2.24) is 9.88 Å². The van der Waals surface area contributed by atoms with E-state index in [1.54, 1.807) is 0 Å². The summed E-state index contributed by atoms with van der Waals surface area (Å²) in [6, 6.07) is 4.06. The maximum Gasteiger partial charge on any atom is 0.308 e. The highest BCUT2D eigenvalue weighted by Gasteiger charge is 2.27. The zero-order valence-corrected chi connectivity index (χ0v) is 11.0. The van der Waals surface area contributed by atoms with E-state index >= 15 is 0 Å². The van der Waals surface area contributed by atoms with E-state index in [1.165, 1.54) is 30.2 Å². The molecule has 0 aromatic carbocycles. The topological polar surface area (TPSA) is 68.7 Å². The molecule has 0 aliphatic carbocycles. The minimum absolute atomic E-state index is 0.0451. The van der Waals surface area contributed by atoms with Gasteiger partial charge in [-0.05, 0) is 12.1 Å². The first-order chi connectivity index (χ1) is 9.60. The first kappa shape index (κ1) is 14.4. The molecule has 0 radical (unpaired) electrons. The van der Waals surface area contributed by atoms with Crippen molar-refractivity contribution in [1.29, 1.82) is 0 Å². The van der Waals surface area contributed by atoms with Crippen LogP contribution in [0.2, 0.25) is 0 Å². The van der Waals surface area contributed by atoms with E-state index in [0.29, 0.717) is 13.2 Å². The Morgan fingerprint density at radius 3 is 3.05 bits per heavy atom. The number of hydrogen-bond donors (Lipinski definition) is 0. The third-order valence-corrected chi connectivity index (χ3v) is 2.98. The Balaban J connectivity index is 2.01. The quantitative estimate of drug-likeness (QED) is 0.600. The zero-order valence-electron chi connectivity index (χ0n) is 11.0. The summed E-state index contributed by atoms with van der Waals surface area (Å²) in [6.07, 6.45) is -0.328. The molecule has 1 aliphatic heterocycles. The van der Waals surface area contributed by atoms with Crippen molar-refractivity contribution < 1.29 is 23.5 Å². The monoisotopic (exact) mass is 282 g/mol. The van der Waals surface area contributed by atoms with Crippen LogP contribution in [0.4, 0.5) is 4.39 Å². The Labute approximate surface area is 115 Å². The van der Waals surface area contributed by atoms with Crippen LogP contribution in [0.25, 0.3) is 0 Å². The summed E-state index contributed by atoms with van der Waals surface area (Å²) in [7, 11) is 1.30. The predicted molar refractivity (Wildman–Crippen MR) is 66.5 cm³/mol. The zero-order chi connectivity index (χ0) is 14.5. The summed E-state index contributed by atoms with van der Waals surface area (Å²) in [4.78, 5) is 28.4. The Hall–Kier alpha value is -2.02. The number of nitrogens with zero attached hydrogens (tertiary/aromatic N) is 2. The Kier molecular flexibility index (Phi) is 4.62. The average molecular weight is 282 g/mol. The van der Waals surface area contributed by atoms with E-state index in [1.807, 2.05) is 0 Å². The molecule has 1 aliphatic rings. The molecule has 1 aromatic heterocycles. The van der Waals surface area contributed by atoms with Gasteiger partial charge in [0, 0.05) is 13.1 Å². The Morgan fingerprint density at radius 2 is 2.35 bits per heavy atom. The average Bonchev–Trinajstić information content (AvgIpc) is 2.46. The number of rotatable bonds is 3. The summed E-state index contributed by atoms with van der Waals surface area (Å²) >= 11 is 0. The molecule has 6 nitrogen and oxygen atoms in total. The van der Waals surface area contributed by atoms with Gasteiger partial charge in [0.15, 0.2) is 0 Å². The van der Waals surface area contributed by atoms with Crippen molar-refractivity contribution >= 4 is 11.9 Å². The van der Waals surface area contributed by atoms with Crippen molar-refractivity contribution in [2.45, 2.75) is 12.5 Å². The molecule has 2 heterocycles. The fraction of sp³-hybridized carbons (Fsp3) is 0.462. The second-order valence-electron chi connectivity index (χ2n) is 4.37. The van der Waals surface area contributed by atoms with E-state index in [9.17, 15) is 14.0 Å². The fourth-order valence-corrected chi connectivity index (χ4v) is 1.99. The molecular weight excluding hydrogens is 267 g/mol. The highest BCUT2D eigenvalue weighted by molar-refractivity contribution is 5.92. The van der Waals surface area contributed by atoms with Gasteiger partial charge in [-0.3, -0.25) is 9.59 Å². The molecule has 0 saturated carbocycles. The number of hydrogen-bond acceptors (Lipinski definition) is 5. The minimum atomic E-state index is -0.699. The van der Waals surface area contributed by atoms with Gasteiger partial charge in [0.1, 0.15) is 5.69 Å². The van der Waals surface area contributed by atoms with Crippen LogP contribution in [0.3, 0.4) is 0 Å². The van der Waals surface area contributed by atoms with Crippen molar-refractivity contribution in [3.63, 3.8) is 0 Å². The number of ether oxygens (including phenoxy) is 2. The number of aromatic nitrogens is 1. The third-order valence-electron chi connectivity index (χ3n) is 2.98. The normalized spacial score (nSPS) is 18.7. The fourth-order valence-electron chi connectivity index (χ4n) is 1.99. The molecular formula is C13H15FN2O4. The number of methoxy groups -OCH3 is 1. The second kappa shape index (κ2) is 6.42. The van der Waals surface area contributed by atoms with Gasteiger partial charge < -0.3 is 14.4 Å². The van der Waals surface area contributed by atoms with Gasteiger partial charge in [-0.15, -0.1) is 0 Å². The molecule has 0 N–H and O–H groups in total. The maximum atomic E-state index is 13.0. The maximum absolute atomic E-state index is 13.0. The molecule has 1 unspecified atom stereocenters. The lowest BCUT2D eigenvalue weighted by atomic mass is 10.2. The molecule has 1 aromatic rings. The molecule has 0 spiro atoms. The summed E-state index contributed by atoms with van der Waals surface area (Å²) in [6.45, 7) is 0.962. The molecule has 0 bridgehead atoms. The van der Waals surface area contributed by atoms with Gasteiger partial charge in [0.25, 0.3) is 5.91 Å². The van der Waals surface area contributed by atoms with E-state index in [-0.39, 0.29) is 24.6 Å². The second-order valence-corrected chi connectivity index (χ2v) is 4.37. The van der Waals surface area contributed by atoms with Gasteiger partial charge in [-0.2, -0.15) is 4.39 Å². The van der Waals surface area contributed by atoms with Gasteiger partial charge in [0.2, 0.25) is 5.95 Å². The van der Waals surface area contributed by atoms with Crippen molar-refractivity contribution in [3.05, 3.63) is 29.8 Å². The number of halogens is 1. The SMILES string of the molecule is COC(=O)CC1CN(C(=O)c2cccc(F)n2)CCO1. The number of carbonyl (C=O) groups is 2. The smallest absolute Gasteiger partial charge is 0.308 e. The first-order valence-corrected chi connectivity index (χ1v) is 6.20. The van der Waals surface area contributed by atoms with Crippen LogP contribution in [-0.2, 0) is 14.3 Å². The first-order valence-electron chi connectivity index (χ1n) is 6.20. The van der Waals surface area contributed by atoms with E-state index in [4.69, 9.17) is 4.74 Å². The van der Waals surface area contributed by atoms with Crippen molar-refractivity contribution in [2.24, 2.45) is 0 Å². The lowest BCUT2D eigenvalue weighted by Gasteiger charge is -2.32. The molecule has 1 fully saturated rings. The number of esters is 1. The van der Waals surface area contributed by atoms with Crippen LogP contribution < -0.4 is 0 Å². The Morgan fingerprint density at radius 1 is 1.55 bits per heavy atom. The van der Waals surface area contributed by atoms with Crippen LogP contribution in [0.1, 0.15) is 16.9 Å². The third kappa shape index (κ3) is 3.51. The number of pyridine rings is 1. The molecule has 1 atom stereocenters. The van der Waals surface area contributed by atoms with E-state index in [0.717, 1.165) is 0 Å². The molecule has 1 amide bonds. The molecule has 108 valence electrons. The standard InChI is InChI=1S/C13H15FN2O4/c1-19-12(17)7-9-8-16(5-6-20-9)13(18)10-3-2-4-11(14)15-10/h2-4,9H,5-8H2,1H3.